The molecule has 1 aromatic heterocycles. The summed E-state index contributed by atoms with van der Waals surface area (Å²) in [6.07, 6.45) is 1.56. The van der Waals surface area contributed by atoms with Crippen LogP contribution in [0.15, 0.2) is 6.20 Å². The van der Waals surface area contributed by atoms with Crippen molar-refractivity contribution in [3.05, 3.63) is 11.8 Å². The molecule has 1 amide bonds. The standard InChI is InChI=1S/C11H11N5O2S/c1-6(17)19-8-2-9(18)16(5-8)11-14-4-7(3-12)10(13)15-11/h4,8H,2,5H2,1H3,(H2,13,14,15). The number of nitriles is 1. The van der Waals surface area contributed by atoms with Gasteiger partial charge >= 0.3 is 0 Å². The van der Waals surface area contributed by atoms with Crippen molar-refractivity contribution in [1.29, 1.82) is 5.26 Å². The van der Waals surface area contributed by atoms with E-state index in [1.54, 1.807) is 0 Å². The van der Waals surface area contributed by atoms with Gasteiger partial charge in [0.25, 0.3) is 0 Å². The van der Waals surface area contributed by atoms with Crippen molar-refractivity contribution in [3.8, 4) is 6.07 Å². The maximum absolute atomic E-state index is 11.8. The number of hydrogen-bond acceptors (Lipinski definition) is 7. The second-order valence-electron chi connectivity index (χ2n) is 4.02. The van der Waals surface area contributed by atoms with Crippen LogP contribution in [-0.4, -0.2) is 32.8 Å². The Bertz CT molecular complexity index is 583. The van der Waals surface area contributed by atoms with E-state index in [2.05, 4.69) is 9.97 Å². The van der Waals surface area contributed by atoms with E-state index in [9.17, 15) is 9.59 Å². The number of anilines is 2. The quantitative estimate of drug-likeness (QED) is 0.827. The van der Waals surface area contributed by atoms with Crippen LogP contribution in [0.4, 0.5) is 11.8 Å². The second-order valence-corrected chi connectivity index (χ2v) is 5.50. The summed E-state index contributed by atoms with van der Waals surface area (Å²) in [6, 6.07) is 1.86. The molecule has 98 valence electrons. The normalized spacial score (nSPS) is 18.4. The minimum Gasteiger partial charge on any atom is -0.382 e. The molecule has 0 aliphatic carbocycles. The van der Waals surface area contributed by atoms with Crippen LogP contribution in [0.3, 0.4) is 0 Å². The number of hydrogen-bond donors (Lipinski definition) is 1. The smallest absolute Gasteiger partial charge is 0.234 e. The molecule has 1 aliphatic heterocycles. The van der Waals surface area contributed by atoms with Gasteiger partial charge in [0, 0.05) is 25.1 Å². The monoisotopic (exact) mass is 277 g/mol. The Balaban J connectivity index is 2.19. The summed E-state index contributed by atoms with van der Waals surface area (Å²) in [7, 11) is 0. The Morgan fingerprint density at radius 2 is 2.42 bits per heavy atom. The zero-order chi connectivity index (χ0) is 14.0. The Morgan fingerprint density at radius 1 is 1.68 bits per heavy atom. The molecule has 8 heteroatoms. The summed E-state index contributed by atoms with van der Waals surface area (Å²) in [6.45, 7) is 1.84. The maximum Gasteiger partial charge on any atom is 0.234 e. The number of nitrogen functional groups attached to an aromatic ring is 1. The molecule has 2 heterocycles. The van der Waals surface area contributed by atoms with E-state index < -0.39 is 0 Å². The Labute approximate surface area is 113 Å². The predicted octanol–water partition coefficient (Wildman–Crippen LogP) is 0.315. The first kappa shape index (κ1) is 13.3. The van der Waals surface area contributed by atoms with Gasteiger partial charge in [-0.3, -0.25) is 14.5 Å². The lowest BCUT2D eigenvalue weighted by Gasteiger charge is -2.14. The van der Waals surface area contributed by atoms with Crippen LogP contribution < -0.4 is 10.6 Å². The number of aromatic nitrogens is 2. The summed E-state index contributed by atoms with van der Waals surface area (Å²) < 4.78 is 0. The number of nitrogens with zero attached hydrogens (tertiary/aromatic N) is 4. The predicted molar refractivity (Wildman–Crippen MR) is 70.2 cm³/mol. The van der Waals surface area contributed by atoms with Gasteiger partial charge in [-0.2, -0.15) is 10.2 Å². The highest BCUT2D eigenvalue weighted by Crippen LogP contribution is 2.27. The second kappa shape index (κ2) is 5.24. The molecule has 0 spiro atoms. The van der Waals surface area contributed by atoms with E-state index >= 15 is 0 Å². The van der Waals surface area contributed by atoms with Crippen molar-refractivity contribution in [2.24, 2.45) is 0 Å². The zero-order valence-electron chi connectivity index (χ0n) is 10.2. The molecule has 1 unspecified atom stereocenters. The van der Waals surface area contributed by atoms with Crippen molar-refractivity contribution in [2.75, 3.05) is 17.2 Å². The van der Waals surface area contributed by atoms with Crippen molar-refractivity contribution in [2.45, 2.75) is 18.6 Å². The molecular weight excluding hydrogens is 266 g/mol. The van der Waals surface area contributed by atoms with E-state index in [4.69, 9.17) is 11.0 Å². The Hall–Kier alpha value is -2.14. The van der Waals surface area contributed by atoms with Gasteiger partial charge in [-0.05, 0) is 0 Å². The fourth-order valence-corrected chi connectivity index (χ4v) is 2.70. The molecule has 2 N–H and O–H groups in total. The molecule has 1 fully saturated rings. The number of amides is 1. The minimum absolute atomic E-state index is 0.0279. The van der Waals surface area contributed by atoms with Gasteiger partial charge < -0.3 is 5.73 Å². The van der Waals surface area contributed by atoms with Gasteiger partial charge in [0.05, 0.1) is 6.20 Å². The summed E-state index contributed by atoms with van der Waals surface area (Å²) in [5, 5.41) is 8.62. The average Bonchev–Trinajstić information content (AvgIpc) is 2.69. The number of nitrogens with two attached hydrogens (primary N) is 1. The summed E-state index contributed by atoms with van der Waals surface area (Å²) in [5.74, 6) is 0.0685. The first-order chi connectivity index (χ1) is 9.01. The first-order valence-corrected chi connectivity index (χ1v) is 6.39. The third kappa shape index (κ3) is 2.82. The van der Waals surface area contributed by atoms with Gasteiger partial charge in [0.1, 0.15) is 17.5 Å². The van der Waals surface area contributed by atoms with E-state index in [0.29, 0.717) is 6.54 Å². The molecule has 0 bridgehead atoms. The zero-order valence-corrected chi connectivity index (χ0v) is 11.0. The number of thioether (sulfide) groups is 1. The fourth-order valence-electron chi connectivity index (χ4n) is 1.78. The first-order valence-electron chi connectivity index (χ1n) is 5.51. The summed E-state index contributed by atoms with van der Waals surface area (Å²) in [5.41, 5.74) is 5.76. The molecule has 0 saturated carbocycles. The van der Waals surface area contributed by atoms with Gasteiger partial charge in [-0.25, -0.2) is 4.98 Å². The van der Waals surface area contributed by atoms with E-state index in [1.807, 2.05) is 6.07 Å². The fraction of sp³-hybridized carbons (Fsp3) is 0.364. The molecule has 1 atom stereocenters. The number of rotatable bonds is 2. The summed E-state index contributed by atoms with van der Waals surface area (Å²) >= 11 is 1.14. The van der Waals surface area contributed by atoms with Crippen molar-refractivity contribution in [1.82, 2.24) is 9.97 Å². The van der Waals surface area contributed by atoms with Crippen LogP contribution in [0.2, 0.25) is 0 Å². The van der Waals surface area contributed by atoms with Gasteiger partial charge in [0.2, 0.25) is 11.9 Å². The Kier molecular flexibility index (Phi) is 3.66. The minimum atomic E-state index is -0.150. The lowest BCUT2D eigenvalue weighted by atomic mass is 10.3. The molecule has 0 aromatic carbocycles. The van der Waals surface area contributed by atoms with Crippen LogP contribution in [0, 0.1) is 11.3 Å². The van der Waals surface area contributed by atoms with Gasteiger partial charge in [-0.1, -0.05) is 11.8 Å². The molecule has 7 nitrogen and oxygen atoms in total. The Morgan fingerprint density at radius 3 is 3.00 bits per heavy atom. The van der Waals surface area contributed by atoms with Crippen LogP contribution in [-0.2, 0) is 9.59 Å². The van der Waals surface area contributed by atoms with Crippen molar-refractivity contribution in [3.63, 3.8) is 0 Å². The van der Waals surface area contributed by atoms with Crippen LogP contribution in [0.1, 0.15) is 18.9 Å². The molecule has 0 radical (unpaired) electrons. The van der Waals surface area contributed by atoms with Crippen LogP contribution in [0.5, 0.6) is 0 Å². The van der Waals surface area contributed by atoms with Crippen LogP contribution in [0.25, 0.3) is 0 Å². The number of carbonyl (C=O) groups is 2. The third-order valence-corrected chi connectivity index (χ3v) is 3.57. The molecule has 2 rings (SSSR count). The van der Waals surface area contributed by atoms with Gasteiger partial charge in [-0.15, -0.1) is 0 Å². The van der Waals surface area contributed by atoms with Gasteiger partial charge in [0.15, 0.2) is 5.12 Å². The van der Waals surface area contributed by atoms with Crippen molar-refractivity contribution >= 4 is 34.6 Å². The largest absolute Gasteiger partial charge is 0.382 e. The molecular formula is C11H11N5O2S. The third-order valence-electron chi connectivity index (χ3n) is 2.59. The molecule has 19 heavy (non-hydrogen) atoms. The topological polar surface area (TPSA) is 113 Å². The SMILES string of the molecule is CC(=O)SC1CC(=O)N(c2ncc(C#N)c(N)n2)C1. The van der Waals surface area contributed by atoms with E-state index in [-0.39, 0.29) is 40.0 Å². The molecule has 1 aromatic rings. The van der Waals surface area contributed by atoms with E-state index in [0.717, 1.165) is 11.8 Å². The van der Waals surface area contributed by atoms with E-state index in [1.165, 1.54) is 18.0 Å². The highest BCUT2D eigenvalue weighted by atomic mass is 32.2. The van der Waals surface area contributed by atoms with Crippen LogP contribution >= 0.6 is 11.8 Å². The maximum atomic E-state index is 11.8. The van der Waals surface area contributed by atoms with Crippen molar-refractivity contribution < 1.29 is 9.59 Å². The molecule has 1 aliphatic rings. The highest BCUT2D eigenvalue weighted by Gasteiger charge is 2.33. The highest BCUT2D eigenvalue weighted by molar-refractivity contribution is 8.14. The lowest BCUT2D eigenvalue weighted by molar-refractivity contribution is -0.117. The lowest BCUT2D eigenvalue weighted by Crippen LogP contribution is -2.27. The average molecular weight is 277 g/mol. The molecule has 1 saturated heterocycles. The number of carbonyl (C=O) groups excluding carboxylic acids is 2. The summed E-state index contributed by atoms with van der Waals surface area (Å²) in [4.78, 5) is 32.2.